The van der Waals surface area contributed by atoms with Crippen LogP contribution in [-0.2, 0) is 31.4 Å². The van der Waals surface area contributed by atoms with Gasteiger partial charge in [0, 0.05) is 17.2 Å². The first-order chi connectivity index (χ1) is 24.3. The van der Waals surface area contributed by atoms with E-state index >= 15 is 0 Å². The lowest BCUT2D eigenvalue weighted by Gasteiger charge is -2.29. The number of benzene rings is 2. The molecule has 0 saturated carbocycles. The minimum Gasteiger partial charge on any atom is -0.481 e. The molecule has 1 unspecified atom stereocenters. The van der Waals surface area contributed by atoms with Gasteiger partial charge in [-0.3, -0.25) is 19.3 Å². The van der Waals surface area contributed by atoms with Gasteiger partial charge in [-0.15, -0.1) is 6.42 Å². The van der Waals surface area contributed by atoms with Crippen LogP contribution in [0.5, 0.6) is 5.75 Å². The smallest absolute Gasteiger partial charge is 0.476 e. The van der Waals surface area contributed by atoms with Crippen molar-refractivity contribution >= 4 is 68.9 Å². The van der Waals surface area contributed by atoms with Gasteiger partial charge in [-0.2, -0.15) is 36.7 Å². The highest BCUT2D eigenvalue weighted by atomic mass is 35.5. The summed E-state index contributed by atoms with van der Waals surface area (Å²) in [5, 5.41) is 11.1. The monoisotopic (exact) mass is 790 g/mol. The largest absolute Gasteiger partial charge is 0.481 e. The lowest BCUT2D eigenvalue weighted by molar-refractivity contribution is -0.137. The number of carbonyl (C=O) groups excluding carboxylic acids is 3. The lowest BCUT2D eigenvalue weighted by Crippen LogP contribution is -2.39. The second kappa shape index (κ2) is 14.1. The van der Waals surface area contributed by atoms with Crippen LogP contribution in [0.15, 0.2) is 40.3 Å². The van der Waals surface area contributed by atoms with Crippen LogP contribution in [-0.4, -0.2) is 50.4 Å². The zero-order valence-corrected chi connectivity index (χ0v) is 28.1. The SMILES string of the molecule is C#CCN1C(=O)COc2cc(F)c(N3C(=O)C4=C(CCCC4)C3=O)cc21.N#Cc1nn(-c2c(Cl)cc(C(F)(F)F)cc2Cl)c(N)c1S(=O)C(F)(F)F. The van der Waals surface area contributed by atoms with Gasteiger partial charge in [0.05, 0.1) is 33.5 Å². The van der Waals surface area contributed by atoms with Crippen LogP contribution < -0.4 is 20.3 Å². The van der Waals surface area contributed by atoms with Gasteiger partial charge >= 0.3 is 11.7 Å². The van der Waals surface area contributed by atoms with Gasteiger partial charge < -0.3 is 10.5 Å². The van der Waals surface area contributed by atoms with Crippen molar-refractivity contribution in [1.29, 1.82) is 5.26 Å². The standard InChI is InChI=1S/C19H15FN2O4.C12H4Cl2F6N4OS/c1-2-7-21-15-9-14(13(20)8-16(15)26-10-17(21)23)22-18(24)11-5-3-4-6-12(11)19(22)25;13-5-1-4(11(15,16)17)2-6(14)8(5)24-10(22)9(7(3-21)23-24)26(25)12(18,19)20/h1,8-9H,3-7,10H2;1-2H,22H2. The van der Waals surface area contributed by atoms with Gasteiger partial charge in [0.25, 0.3) is 17.7 Å². The van der Waals surface area contributed by atoms with Crippen molar-refractivity contribution in [2.45, 2.75) is 42.3 Å². The normalized spacial score (nSPS) is 16.4. The van der Waals surface area contributed by atoms with Crippen LogP contribution in [0.3, 0.4) is 0 Å². The Morgan fingerprint density at radius 3 is 2.06 bits per heavy atom. The van der Waals surface area contributed by atoms with Crippen molar-refractivity contribution in [3.8, 4) is 29.8 Å². The zero-order chi connectivity index (χ0) is 38.4. The Morgan fingerprint density at radius 2 is 1.56 bits per heavy atom. The predicted octanol–water partition coefficient (Wildman–Crippen LogP) is 6.21. The van der Waals surface area contributed by atoms with Crippen molar-refractivity contribution in [3.05, 3.63) is 62.5 Å². The fraction of sp³-hybridized carbons (Fsp3) is 0.258. The minimum atomic E-state index is -5.25. The summed E-state index contributed by atoms with van der Waals surface area (Å²) in [6.07, 6.45) is 3.22. The molecule has 2 aliphatic heterocycles. The number of rotatable bonds is 4. The van der Waals surface area contributed by atoms with Gasteiger partial charge in [-0.1, -0.05) is 29.1 Å². The highest BCUT2D eigenvalue weighted by Gasteiger charge is 2.44. The fourth-order valence-corrected chi connectivity index (χ4v) is 6.91. The number of fused-ring (bicyclic) bond motifs is 1. The molecule has 2 N–H and O–H groups in total. The Kier molecular flexibility index (Phi) is 10.4. The van der Waals surface area contributed by atoms with Crippen molar-refractivity contribution < 1.29 is 54.1 Å². The van der Waals surface area contributed by atoms with Crippen molar-refractivity contribution in [3.63, 3.8) is 0 Å². The number of nitriles is 1. The van der Waals surface area contributed by atoms with Crippen molar-refractivity contribution in [2.75, 3.05) is 28.7 Å². The molecule has 3 heterocycles. The van der Waals surface area contributed by atoms with Gasteiger partial charge in [0.1, 0.15) is 28.2 Å². The number of nitrogen functional groups attached to an aromatic ring is 1. The van der Waals surface area contributed by atoms with E-state index in [0.717, 1.165) is 23.8 Å². The Morgan fingerprint density at radius 1 is 0.981 bits per heavy atom. The number of hydrogen-bond acceptors (Lipinski definition) is 8. The number of nitrogens with two attached hydrogens (primary N) is 1. The number of halogens is 9. The van der Waals surface area contributed by atoms with E-state index in [9.17, 15) is 49.3 Å². The lowest BCUT2D eigenvalue weighted by atomic mass is 9.93. The summed E-state index contributed by atoms with van der Waals surface area (Å²) in [6.45, 7) is -0.262. The number of hydrogen-bond donors (Lipinski definition) is 1. The topological polar surface area (TPSA) is 152 Å². The number of carbonyl (C=O) groups is 3. The van der Waals surface area contributed by atoms with Crippen LogP contribution >= 0.6 is 23.2 Å². The molecule has 0 fully saturated rings. The third-order valence-electron chi connectivity index (χ3n) is 7.79. The molecule has 2 aromatic carbocycles. The molecule has 3 aromatic rings. The maximum Gasteiger partial charge on any atom is 0.476 e. The van der Waals surface area contributed by atoms with Crippen molar-refractivity contribution in [1.82, 2.24) is 9.78 Å². The van der Waals surface area contributed by atoms with E-state index in [1.807, 2.05) is 0 Å². The summed E-state index contributed by atoms with van der Waals surface area (Å²) < 4.78 is 108. The van der Waals surface area contributed by atoms with Crippen LogP contribution in [0.2, 0.25) is 10.0 Å². The molecule has 1 atom stereocenters. The summed E-state index contributed by atoms with van der Waals surface area (Å²) >= 11 is 11.5. The predicted molar refractivity (Wildman–Crippen MR) is 171 cm³/mol. The first kappa shape index (κ1) is 38.1. The third kappa shape index (κ3) is 6.91. The van der Waals surface area contributed by atoms with Gasteiger partial charge in [0.15, 0.2) is 28.9 Å². The van der Waals surface area contributed by atoms with E-state index in [-0.39, 0.29) is 36.2 Å². The molecule has 6 rings (SSSR count). The van der Waals surface area contributed by atoms with Gasteiger partial charge in [-0.25, -0.2) is 18.2 Å². The quantitative estimate of drug-likeness (QED) is 0.186. The molecule has 3 amide bonds. The fourth-order valence-electron chi connectivity index (χ4n) is 5.50. The van der Waals surface area contributed by atoms with Gasteiger partial charge in [-0.05, 0) is 43.9 Å². The van der Waals surface area contributed by atoms with Gasteiger partial charge in [0.2, 0.25) is 0 Å². The van der Waals surface area contributed by atoms with Crippen LogP contribution in [0.4, 0.5) is 47.9 Å². The minimum absolute atomic E-state index is 0.0170. The summed E-state index contributed by atoms with van der Waals surface area (Å²) in [4.78, 5) is 38.4. The molecule has 1 aromatic heterocycles. The van der Waals surface area contributed by atoms with E-state index in [2.05, 4.69) is 11.0 Å². The first-order valence-corrected chi connectivity index (χ1v) is 16.4. The highest BCUT2D eigenvalue weighted by Crippen LogP contribution is 2.43. The number of amides is 3. The molecule has 0 saturated heterocycles. The number of ether oxygens (including phenoxy) is 1. The molecule has 52 heavy (non-hydrogen) atoms. The third-order valence-corrected chi connectivity index (χ3v) is 9.56. The maximum absolute atomic E-state index is 14.7. The molecular weight excluding hydrogens is 772 g/mol. The molecular formula is C31H19Cl2F7N6O5S. The average Bonchev–Trinajstić information content (AvgIpc) is 3.53. The molecule has 3 aliphatic rings. The number of nitrogens with zero attached hydrogens (tertiary/aromatic N) is 5. The molecule has 0 bridgehead atoms. The van der Waals surface area contributed by atoms with E-state index < -0.39 is 77.8 Å². The van der Waals surface area contributed by atoms with E-state index in [0.29, 0.717) is 40.8 Å². The molecule has 0 radical (unpaired) electrons. The first-order valence-electron chi connectivity index (χ1n) is 14.5. The Balaban J connectivity index is 0.000000201. The second-order valence-corrected chi connectivity index (χ2v) is 13.2. The maximum atomic E-state index is 14.7. The summed E-state index contributed by atoms with van der Waals surface area (Å²) in [5.74, 6) is -0.496. The Labute approximate surface area is 300 Å². The Bertz CT molecular complexity index is 2140. The zero-order valence-electron chi connectivity index (χ0n) is 25.8. The molecule has 11 nitrogen and oxygen atoms in total. The van der Waals surface area contributed by atoms with Crippen LogP contribution in [0, 0.1) is 29.5 Å². The summed E-state index contributed by atoms with van der Waals surface area (Å²) in [5.41, 5.74) is -1.43. The van der Waals surface area contributed by atoms with Crippen LogP contribution in [0.1, 0.15) is 36.9 Å². The molecule has 21 heteroatoms. The number of alkyl halides is 6. The molecule has 0 spiro atoms. The summed E-state index contributed by atoms with van der Waals surface area (Å²) in [6, 6.07) is 4.56. The van der Waals surface area contributed by atoms with E-state index in [4.69, 9.17) is 45.4 Å². The summed E-state index contributed by atoms with van der Waals surface area (Å²) in [7, 11) is -3.71. The number of terminal acetylenes is 1. The number of imide groups is 1. The Hall–Kier alpha value is -5.11. The second-order valence-electron chi connectivity index (χ2n) is 10.9. The van der Waals surface area contributed by atoms with Crippen LogP contribution in [0.25, 0.3) is 5.69 Å². The number of anilines is 3. The number of aromatic nitrogens is 2. The van der Waals surface area contributed by atoms with E-state index in [1.54, 1.807) is 0 Å². The molecule has 1 aliphatic carbocycles. The molecule has 272 valence electrons. The highest BCUT2D eigenvalue weighted by molar-refractivity contribution is 7.86. The van der Waals surface area contributed by atoms with E-state index in [1.165, 1.54) is 17.0 Å². The van der Waals surface area contributed by atoms with Crippen molar-refractivity contribution in [2.24, 2.45) is 0 Å². The average molecular weight is 791 g/mol.